The lowest BCUT2D eigenvalue weighted by Gasteiger charge is -2.22. The van der Waals surface area contributed by atoms with Gasteiger partial charge in [-0.15, -0.1) is 5.10 Å². The van der Waals surface area contributed by atoms with E-state index in [0.717, 1.165) is 6.42 Å². The van der Waals surface area contributed by atoms with Crippen LogP contribution in [0.3, 0.4) is 0 Å². The first kappa shape index (κ1) is 14.9. The van der Waals surface area contributed by atoms with Gasteiger partial charge in [0.15, 0.2) is 5.82 Å². The lowest BCUT2D eigenvalue weighted by atomic mass is 10.2. The van der Waals surface area contributed by atoms with Crippen molar-refractivity contribution in [2.75, 3.05) is 19.0 Å². The number of likely N-dealkylation sites (tertiary alicyclic amines) is 1. The standard InChI is InChI=1S/C12H17N5O4/c1-8(18)13-10-6-16(15-14-10)7-11(19)17-5-3-4-9(17)12(20)21-2/h6,9H,3-5,7H2,1-2H3,(H,13,18). The van der Waals surface area contributed by atoms with E-state index < -0.39 is 12.0 Å². The smallest absolute Gasteiger partial charge is 0.328 e. The molecular formula is C12H17N5O4. The summed E-state index contributed by atoms with van der Waals surface area (Å²) < 4.78 is 6.02. The minimum Gasteiger partial charge on any atom is -0.467 e. The third-order valence-corrected chi connectivity index (χ3v) is 3.19. The van der Waals surface area contributed by atoms with Crippen LogP contribution in [-0.4, -0.2) is 57.4 Å². The van der Waals surface area contributed by atoms with Gasteiger partial charge in [0.1, 0.15) is 12.6 Å². The molecule has 0 aliphatic carbocycles. The third kappa shape index (κ3) is 3.56. The number of nitrogens with zero attached hydrogens (tertiary/aromatic N) is 4. The quantitative estimate of drug-likeness (QED) is 0.743. The molecule has 1 aromatic rings. The number of carbonyl (C=O) groups is 3. The predicted octanol–water partition coefficient (Wildman–Crippen LogP) is -0.600. The molecule has 0 bridgehead atoms. The molecular weight excluding hydrogens is 278 g/mol. The van der Waals surface area contributed by atoms with Crippen LogP contribution in [0.25, 0.3) is 0 Å². The summed E-state index contributed by atoms with van der Waals surface area (Å²) in [5.41, 5.74) is 0. The zero-order chi connectivity index (χ0) is 15.4. The summed E-state index contributed by atoms with van der Waals surface area (Å²) in [5, 5.41) is 9.96. The van der Waals surface area contributed by atoms with Crippen molar-refractivity contribution in [3.63, 3.8) is 0 Å². The molecule has 0 radical (unpaired) electrons. The van der Waals surface area contributed by atoms with Crippen LogP contribution in [0.5, 0.6) is 0 Å². The average molecular weight is 295 g/mol. The minimum atomic E-state index is -0.527. The zero-order valence-electron chi connectivity index (χ0n) is 11.9. The van der Waals surface area contributed by atoms with Crippen LogP contribution in [0.1, 0.15) is 19.8 Å². The van der Waals surface area contributed by atoms with Crippen molar-refractivity contribution in [1.82, 2.24) is 19.9 Å². The lowest BCUT2D eigenvalue weighted by molar-refractivity contribution is -0.151. The van der Waals surface area contributed by atoms with Gasteiger partial charge in [0.05, 0.1) is 13.3 Å². The molecule has 1 aromatic heterocycles. The van der Waals surface area contributed by atoms with E-state index in [0.29, 0.717) is 13.0 Å². The van der Waals surface area contributed by atoms with Gasteiger partial charge in [-0.2, -0.15) is 0 Å². The molecule has 9 nitrogen and oxygen atoms in total. The maximum atomic E-state index is 12.2. The van der Waals surface area contributed by atoms with E-state index in [1.54, 1.807) is 0 Å². The highest BCUT2D eigenvalue weighted by Gasteiger charge is 2.34. The SMILES string of the molecule is COC(=O)C1CCCN1C(=O)Cn1cc(NC(C)=O)nn1. The summed E-state index contributed by atoms with van der Waals surface area (Å²) >= 11 is 0. The van der Waals surface area contributed by atoms with Gasteiger partial charge >= 0.3 is 5.97 Å². The zero-order valence-corrected chi connectivity index (χ0v) is 11.9. The molecule has 1 unspecified atom stereocenters. The Morgan fingerprint density at radius 3 is 2.90 bits per heavy atom. The molecule has 114 valence electrons. The highest BCUT2D eigenvalue weighted by Crippen LogP contribution is 2.18. The molecule has 1 atom stereocenters. The Hall–Kier alpha value is -2.45. The Bertz CT molecular complexity index is 556. The predicted molar refractivity (Wildman–Crippen MR) is 71.1 cm³/mol. The maximum absolute atomic E-state index is 12.2. The first-order valence-electron chi connectivity index (χ1n) is 6.56. The van der Waals surface area contributed by atoms with Crippen molar-refractivity contribution in [1.29, 1.82) is 0 Å². The second kappa shape index (κ2) is 6.33. The topological polar surface area (TPSA) is 106 Å². The first-order valence-corrected chi connectivity index (χ1v) is 6.56. The highest BCUT2D eigenvalue weighted by atomic mass is 16.5. The fourth-order valence-corrected chi connectivity index (χ4v) is 2.29. The van der Waals surface area contributed by atoms with Crippen LogP contribution in [0.2, 0.25) is 0 Å². The first-order chi connectivity index (χ1) is 10.0. The van der Waals surface area contributed by atoms with E-state index >= 15 is 0 Å². The van der Waals surface area contributed by atoms with Crippen molar-refractivity contribution in [3.8, 4) is 0 Å². The minimum absolute atomic E-state index is 0.0416. The van der Waals surface area contributed by atoms with Gasteiger partial charge in [0.2, 0.25) is 11.8 Å². The number of methoxy groups -OCH3 is 1. The second-order valence-corrected chi connectivity index (χ2v) is 4.75. The van der Waals surface area contributed by atoms with Crippen molar-refractivity contribution in [3.05, 3.63) is 6.20 Å². The number of hydrogen-bond acceptors (Lipinski definition) is 6. The van der Waals surface area contributed by atoms with Crippen molar-refractivity contribution < 1.29 is 19.1 Å². The molecule has 0 spiro atoms. The van der Waals surface area contributed by atoms with E-state index in [9.17, 15) is 14.4 Å². The van der Waals surface area contributed by atoms with Gasteiger partial charge in [-0.3, -0.25) is 9.59 Å². The fourth-order valence-electron chi connectivity index (χ4n) is 2.29. The molecule has 21 heavy (non-hydrogen) atoms. The maximum Gasteiger partial charge on any atom is 0.328 e. The van der Waals surface area contributed by atoms with Crippen LogP contribution >= 0.6 is 0 Å². The van der Waals surface area contributed by atoms with Gasteiger partial charge in [0.25, 0.3) is 0 Å². The number of aromatic nitrogens is 3. The largest absolute Gasteiger partial charge is 0.467 e. The number of rotatable bonds is 4. The number of amides is 2. The van der Waals surface area contributed by atoms with Crippen molar-refractivity contribution >= 4 is 23.6 Å². The van der Waals surface area contributed by atoms with Crippen molar-refractivity contribution in [2.24, 2.45) is 0 Å². The molecule has 1 saturated heterocycles. The molecule has 1 aliphatic heterocycles. The Morgan fingerprint density at radius 2 is 2.24 bits per heavy atom. The Morgan fingerprint density at radius 1 is 1.48 bits per heavy atom. The van der Waals surface area contributed by atoms with E-state index in [4.69, 9.17) is 4.74 Å². The number of esters is 1. The third-order valence-electron chi connectivity index (χ3n) is 3.19. The van der Waals surface area contributed by atoms with Gasteiger partial charge in [-0.1, -0.05) is 5.21 Å². The van der Waals surface area contributed by atoms with Gasteiger partial charge in [-0.25, -0.2) is 9.48 Å². The van der Waals surface area contributed by atoms with Crippen LogP contribution in [0.15, 0.2) is 6.20 Å². The van der Waals surface area contributed by atoms with E-state index in [2.05, 4.69) is 15.6 Å². The van der Waals surface area contributed by atoms with Gasteiger partial charge in [0, 0.05) is 13.5 Å². The van der Waals surface area contributed by atoms with Gasteiger partial charge in [-0.05, 0) is 12.8 Å². The molecule has 2 amide bonds. The fraction of sp³-hybridized carbons (Fsp3) is 0.583. The molecule has 9 heteroatoms. The molecule has 2 heterocycles. The Labute approximate surface area is 121 Å². The molecule has 0 saturated carbocycles. The summed E-state index contributed by atoms with van der Waals surface area (Å²) in [4.78, 5) is 36.2. The molecule has 1 fully saturated rings. The van der Waals surface area contributed by atoms with Gasteiger partial charge < -0.3 is 15.0 Å². The Balaban J connectivity index is 1.99. The lowest BCUT2D eigenvalue weighted by Crippen LogP contribution is -2.42. The average Bonchev–Trinajstić information content (AvgIpc) is 3.06. The van der Waals surface area contributed by atoms with Crippen LogP contribution < -0.4 is 5.32 Å². The Kier molecular flexibility index (Phi) is 4.51. The van der Waals surface area contributed by atoms with E-state index in [1.165, 1.54) is 29.8 Å². The molecule has 2 rings (SSSR count). The van der Waals surface area contributed by atoms with Crippen LogP contribution in [0.4, 0.5) is 5.82 Å². The number of nitrogens with one attached hydrogen (secondary N) is 1. The summed E-state index contributed by atoms with van der Waals surface area (Å²) in [6, 6.07) is -0.527. The normalized spacial score (nSPS) is 17.6. The number of hydrogen-bond donors (Lipinski definition) is 1. The molecule has 1 N–H and O–H groups in total. The van der Waals surface area contributed by atoms with E-state index in [-0.39, 0.29) is 24.2 Å². The summed E-state index contributed by atoms with van der Waals surface area (Å²) in [6.07, 6.45) is 2.83. The molecule has 1 aliphatic rings. The summed E-state index contributed by atoms with van der Waals surface area (Å²) in [7, 11) is 1.31. The number of carbonyl (C=O) groups excluding carboxylic acids is 3. The highest BCUT2D eigenvalue weighted by molar-refractivity contribution is 5.87. The summed E-state index contributed by atoms with van der Waals surface area (Å²) in [6.45, 7) is 1.83. The van der Waals surface area contributed by atoms with E-state index in [1.807, 2.05) is 0 Å². The van der Waals surface area contributed by atoms with Crippen LogP contribution in [-0.2, 0) is 25.7 Å². The number of ether oxygens (including phenoxy) is 1. The monoisotopic (exact) mass is 295 g/mol. The summed E-state index contributed by atoms with van der Waals surface area (Å²) in [5.74, 6) is -0.625. The molecule has 0 aromatic carbocycles. The van der Waals surface area contributed by atoms with Crippen LogP contribution in [0, 0.1) is 0 Å². The second-order valence-electron chi connectivity index (χ2n) is 4.75. The number of anilines is 1. The van der Waals surface area contributed by atoms with Crippen molar-refractivity contribution in [2.45, 2.75) is 32.4 Å².